The van der Waals surface area contributed by atoms with E-state index in [1.165, 1.54) is 13.0 Å². The van der Waals surface area contributed by atoms with E-state index in [1.54, 1.807) is 26.4 Å². The summed E-state index contributed by atoms with van der Waals surface area (Å²) >= 11 is 0. The second kappa shape index (κ2) is 5.20. The van der Waals surface area contributed by atoms with Gasteiger partial charge in [-0.15, -0.1) is 0 Å². The molecule has 0 fully saturated rings. The van der Waals surface area contributed by atoms with Gasteiger partial charge in [-0.2, -0.15) is 0 Å². The van der Waals surface area contributed by atoms with Crippen LogP contribution >= 0.6 is 0 Å². The molecule has 3 heteroatoms. The second-order valence-corrected chi connectivity index (χ2v) is 3.05. The van der Waals surface area contributed by atoms with Crippen molar-refractivity contribution in [1.82, 2.24) is 0 Å². The van der Waals surface area contributed by atoms with E-state index in [0.29, 0.717) is 5.75 Å². The summed E-state index contributed by atoms with van der Waals surface area (Å²) in [4.78, 5) is 10.8. The molecule has 80 valence electrons. The van der Waals surface area contributed by atoms with Gasteiger partial charge in [0.05, 0.1) is 14.2 Å². The van der Waals surface area contributed by atoms with Gasteiger partial charge in [0.25, 0.3) is 0 Å². The summed E-state index contributed by atoms with van der Waals surface area (Å²) in [5, 5.41) is 0. The summed E-state index contributed by atoms with van der Waals surface area (Å²) < 4.78 is 10.2. The van der Waals surface area contributed by atoms with Gasteiger partial charge in [-0.1, -0.05) is 0 Å². The summed E-state index contributed by atoms with van der Waals surface area (Å²) in [5.41, 5.74) is 0.826. The average Bonchev–Trinajstić information content (AvgIpc) is 2.25. The number of allylic oxidation sites excluding steroid dienone is 1. The van der Waals surface area contributed by atoms with E-state index in [9.17, 15) is 4.79 Å². The Morgan fingerprint density at radius 3 is 2.53 bits per heavy atom. The lowest BCUT2D eigenvalue weighted by Crippen LogP contribution is -1.90. The standard InChI is InChI=1S/C12H14O3/c1-9(13)4-5-10-8-11(14-2)6-7-12(10)15-3/h4-8H,1-3H3. The second-order valence-electron chi connectivity index (χ2n) is 3.05. The number of ether oxygens (including phenoxy) is 2. The van der Waals surface area contributed by atoms with Crippen LogP contribution in [0.1, 0.15) is 12.5 Å². The first-order valence-electron chi connectivity index (χ1n) is 4.58. The third-order valence-corrected chi connectivity index (χ3v) is 1.93. The number of carbonyl (C=O) groups excluding carboxylic acids is 1. The summed E-state index contributed by atoms with van der Waals surface area (Å²) in [6.45, 7) is 1.50. The normalized spacial score (nSPS) is 10.3. The Bertz CT molecular complexity index is 380. The minimum absolute atomic E-state index is 0.000118. The van der Waals surface area contributed by atoms with Crippen molar-refractivity contribution in [2.75, 3.05) is 14.2 Å². The van der Waals surface area contributed by atoms with E-state index in [4.69, 9.17) is 9.47 Å². The quantitative estimate of drug-likeness (QED) is 0.709. The van der Waals surface area contributed by atoms with E-state index in [-0.39, 0.29) is 5.78 Å². The van der Waals surface area contributed by atoms with Gasteiger partial charge in [0.1, 0.15) is 11.5 Å². The van der Waals surface area contributed by atoms with E-state index >= 15 is 0 Å². The van der Waals surface area contributed by atoms with E-state index in [0.717, 1.165) is 11.3 Å². The lowest BCUT2D eigenvalue weighted by molar-refractivity contribution is -0.112. The Labute approximate surface area is 89.3 Å². The molecule has 15 heavy (non-hydrogen) atoms. The molecule has 0 saturated heterocycles. The molecule has 0 aliphatic rings. The van der Waals surface area contributed by atoms with Gasteiger partial charge in [0.2, 0.25) is 0 Å². The largest absolute Gasteiger partial charge is 0.497 e. The molecule has 0 unspecified atom stereocenters. The molecule has 0 saturated carbocycles. The van der Waals surface area contributed by atoms with E-state index in [2.05, 4.69) is 0 Å². The SMILES string of the molecule is COc1ccc(OC)c(C=CC(C)=O)c1. The van der Waals surface area contributed by atoms with Gasteiger partial charge < -0.3 is 9.47 Å². The van der Waals surface area contributed by atoms with Crippen molar-refractivity contribution in [3.8, 4) is 11.5 Å². The molecule has 0 aromatic heterocycles. The molecule has 0 bridgehead atoms. The van der Waals surface area contributed by atoms with Crippen molar-refractivity contribution < 1.29 is 14.3 Å². The molecular formula is C12H14O3. The van der Waals surface area contributed by atoms with Gasteiger partial charge in [0, 0.05) is 5.56 Å². The van der Waals surface area contributed by atoms with Crippen molar-refractivity contribution in [3.63, 3.8) is 0 Å². The molecule has 0 N–H and O–H groups in total. The first-order valence-corrected chi connectivity index (χ1v) is 4.58. The number of carbonyl (C=O) groups is 1. The summed E-state index contributed by atoms with van der Waals surface area (Å²) in [6.07, 6.45) is 3.21. The van der Waals surface area contributed by atoms with Gasteiger partial charge in [-0.05, 0) is 37.3 Å². The van der Waals surface area contributed by atoms with Crippen LogP contribution in [0.4, 0.5) is 0 Å². The molecule has 1 aromatic rings. The Morgan fingerprint density at radius 1 is 1.27 bits per heavy atom. The molecule has 0 spiro atoms. The zero-order chi connectivity index (χ0) is 11.3. The van der Waals surface area contributed by atoms with Crippen molar-refractivity contribution in [2.24, 2.45) is 0 Å². The predicted molar refractivity (Wildman–Crippen MR) is 59.3 cm³/mol. The fourth-order valence-corrected chi connectivity index (χ4v) is 1.18. The number of ketones is 1. The zero-order valence-corrected chi connectivity index (χ0v) is 9.11. The predicted octanol–water partition coefficient (Wildman–Crippen LogP) is 2.31. The van der Waals surface area contributed by atoms with Crippen LogP contribution in [0.2, 0.25) is 0 Å². The van der Waals surface area contributed by atoms with Crippen LogP contribution in [0.5, 0.6) is 11.5 Å². The van der Waals surface area contributed by atoms with Gasteiger partial charge >= 0.3 is 0 Å². The van der Waals surface area contributed by atoms with Crippen LogP contribution in [-0.2, 0) is 4.79 Å². The fourth-order valence-electron chi connectivity index (χ4n) is 1.18. The average molecular weight is 206 g/mol. The highest BCUT2D eigenvalue weighted by atomic mass is 16.5. The maximum Gasteiger partial charge on any atom is 0.152 e. The Balaban J connectivity index is 3.06. The Hall–Kier alpha value is -1.77. The third kappa shape index (κ3) is 3.13. The monoisotopic (exact) mass is 206 g/mol. The van der Waals surface area contributed by atoms with Crippen LogP contribution in [0, 0.1) is 0 Å². The van der Waals surface area contributed by atoms with E-state index < -0.39 is 0 Å². The minimum atomic E-state index is -0.000118. The molecular weight excluding hydrogens is 192 g/mol. The van der Waals surface area contributed by atoms with Crippen LogP contribution in [0.25, 0.3) is 6.08 Å². The molecule has 1 aromatic carbocycles. The number of hydrogen-bond donors (Lipinski definition) is 0. The van der Waals surface area contributed by atoms with E-state index in [1.807, 2.05) is 12.1 Å². The highest BCUT2D eigenvalue weighted by Crippen LogP contribution is 2.24. The van der Waals surface area contributed by atoms with Crippen LogP contribution in [0.3, 0.4) is 0 Å². The molecule has 0 radical (unpaired) electrons. The lowest BCUT2D eigenvalue weighted by atomic mass is 10.1. The van der Waals surface area contributed by atoms with Crippen molar-refractivity contribution in [2.45, 2.75) is 6.92 Å². The molecule has 0 aliphatic heterocycles. The number of methoxy groups -OCH3 is 2. The Morgan fingerprint density at radius 2 is 2.00 bits per heavy atom. The third-order valence-electron chi connectivity index (χ3n) is 1.93. The molecule has 1 rings (SSSR count). The minimum Gasteiger partial charge on any atom is -0.497 e. The first kappa shape index (κ1) is 11.3. The number of rotatable bonds is 4. The highest BCUT2D eigenvalue weighted by molar-refractivity contribution is 5.91. The first-order chi connectivity index (χ1) is 7.17. The smallest absolute Gasteiger partial charge is 0.152 e. The van der Waals surface area contributed by atoms with Crippen molar-refractivity contribution in [3.05, 3.63) is 29.8 Å². The van der Waals surface area contributed by atoms with Crippen LogP contribution in [0.15, 0.2) is 24.3 Å². The maximum absolute atomic E-state index is 10.8. The molecule has 0 heterocycles. The highest BCUT2D eigenvalue weighted by Gasteiger charge is 2.01. The van der Waals surface area contributed by atoms with Crippen molar-refractivity contribution in [1.29, 1.82) is 0 Å². The van der Waals surface area contributed by atoms with Gasteiger partial charge in [0.15, 0.2) is 5.78 Å². The number of benzene rings is 1. The summed E-state index contributed by atoms with van der Waals surface area (Å²) in [7, 11) is 3.19. The van der Waals surface area contributed by atoms with Gasteiger partial charge in [-0.25, -0.2) is 0 Å². The molecule has 0 aliphatic carbocycles. The summed E-state index contributed by atoms with van der Waals surface area (Å²) in [6, 6.07) is 5.43. The van der Waals surface area contributed by atoms with Crippen LogP contribution < -0.4 is 9.47 Å². The fraction of sp³-hybridized carbons (Fsp3) is 0.250. The Kier molecular flexibility index (Phi) is 3.92. The zero-order valence-electron chi connectivity index (χ0n) is 9.11. The lowest BCUT2D eigenvalue weighted by Gasteiger charge is -2.06. The van der Waals surface area contributed by atoms with Gasteiger partial charge in [-0.3, -0.25) is 4.79 Å². The molecule has 0 amide bonds. The number of hydrogen-bond acceptors (Lipinski definition) is 3. The topological polar surface area (TPSA) is 35.5 Å². The maximum atomic E-state index is 10.8. The van der Waals surface area contributed by atoms with Crippen molar-refractivity contribution >= 4 is 11.9 Å². The summed E-state index contributed by atoms with van der Waals surface area (Å²) in [5.74, 6) is 1.45. The molecule has 0 atom stereocenters. The van der Waals surface area contributed by atoms with Crippen LogP contribution in [-0.4, -0.2) is 20.0 Å². The molecule has 3 nitrogen and oxygen atoms in total.